The van der Waals surface area contributed by atoms with Gasteiger partial charge in [0.15, 0.2) is 0 Å². The van der Waals surface area contributed by atoms with Crippen LogP contribution in [0, 0.1) is 5.82 Å². The van der Waals surface area contributed by atoms with Gasteiger partial charge >= 0.3 is 0 Å². The van der Waals surface area contributed by atoms with E-state index in [1.807, 2.05) is 6.07 Å². The first kappa shape index (κ1) is 12.2. The molecule has 0 saturated carbocycles. The molecule has 78 valence electrons. The van der Waals surface area contributed by atoms with Crippen molar-refractivity contribution in [2.75, 3.05) is 12.4 Å². The topological polar surface area (TPSA) is 20.2 Å². The molecular formula is C9H11FOS3. The fourth-order valence-corrected chi connectivity index (χ4v) is 4.24. The predicted octanol–water partition coefficient (Wildman–Crippen LogP) is 3.35. The van der Waals surface area contributed by atoms with Gasteiger partial charge in [-0.25, -0.2) is 4.39 Å². The third-order valence-corrected chi connectivity index (χ3v) is 5.54. The monoisotopic (exact) mass is 250 g/mol. The molecule has 0 aliphatic carbocycles. The normalized spacial score (nSPS) is 10.4. The van der Waals surface area contributed by atoms with Gasteiger partial charge in [0.1, 0.15) is 5.82 Å². The quantitative estimate of drug-likeness (QED) is 0.617. The lowest BCUT2D eigenvalue weighted by molar-refractivity contribution is 0.323. The van der Waals surface area contributed by atoms with Gasteiger partial charge in [-0.1, -0.05) is 33.7 Å². The van der Waals surface area contributed by atoms with E-state index in [2.05, 4.69) is 0 Å². The molecule has 0 heterocycles. The molecule has 0 atom stereocenters. The van der Waals surface area contributed by atoms with Crippen LogP contribution in [0.5, 0.6) is 0 Å². The third kappa shape index (κ3) is 5.14. The number of aliphatic hydroxyl groups excluding tert-OH is 1. The lowest BCUT2D eigenvalue weighted by Crippen LogP contribution is -1.82. The van der Waals surface area contributed by atoms with Crippen LogP contribution in [-0.4, -0.2) is 17.5 Å². The van der Waals surface area contributed by atoms with Crippen molar-refractivity contribution in [2.24, 2.45) is 0 Å². The first-order valence-electron chi connectivity index (χ1n) is 4.09. The molecule has 0 amide bonds. The Morgan fingerprint density at radius 2 is 2.14 bits per heavy atom. The number of rotatable bonds is 6. The van der Waals surface area contributed by atoms with E-state index in [1.165, 1.54) is 6.07 Å². The average molecular weight is 250 g/mol. The van der Waals surface area contributed by atoms with Gasteiger partial charge in [0, 0.05) is 11.5 Å². The highest BCUT2D eigenvalue weighted by Gasteiger charge is 1.96. The minimum absolute atomic E-state index is 0.184. The standard InChI is InChI=1S/C9H11FOS3/c10-9-3-1-2-8(6-9)7-13-14-12-5-4-11/h1-3,6,11H,4-5,7H2. The van der Waals surface area contributed by atoms with Gasteiger partial charge in [-0.05, 0) is 27.5 Å². The Balaban J connectivity index is 2.18. The maximum atomic E-state index is 12.7. The number of halogens is 1. The molecule has 1 N–H and O–H groups in total. The Hall–Kier alpha value is 0.160. The van der Waals surface area contributed by atoms with Gasteiger partial charge in [0.25, 0.3) is 0 Å². The highest BCUT2D eigenvalue weighted by Crippen LogP contribution is 2.36. The van der Waals surface area contributed by atoms with Crippen LogP contribution in [0.15, 0.2) is 24.3 Å². The molecule has 0 aromatic heterocycles. The van der Waals surface area contributed by atoms with E-state index in [-0.39, 0.29) is 12.4 Å². The third-order valence-electron chi connectivity index (χ3n) is 1.39. The summed E-state index contributed by atoms with van der Waals surface area (Å²) in [6, 6.07) is 6.62. The second-order valence-electron chi connectivity index (χ2n) is 2.51. The van der Waals surface area contributed by atoms with E-state index in [0.29, 0.717) is 0 Å². The van der Waals surface area contributed by atoms with Crippen molar-refractivity contribution in [3.8, 4) is 0 Å². The molecule has 1 rings (SSSR count). The second kappa shape index (κ2) is 7.45. The van der Waals surface area contributed by atoms with Gasteiger partial charge < -0.3 is 5.11 Å². The van der Waals surface area contributed by atoms with E-state index in [1.54, 1.807) is 43.5 Å². The molecule has 0 fully saturated rings. The largest absolute Gasteiger partial charge is 0.395 e. The summed E-state index contributed by atoms with van der Waals surface area (Å²) in [7, 11) is 4.90. The molecule has 1 nitrogen and oxygen atoms in total. The molecule has 0 radical (unpaired) electrons. The van der Waals surface area contributed by atoms with E-state index in [9.17, 15) is 4.39 Å². The summed E-state index contributed by atoms with van der Waals surface area (Å²) in [6.07, 6.45) is 0. The average Bonchev–Trinajstić information content (AvgIpc) is 2.18. The van der Waals surface area contributed by atoms with Crippen molar-refractivity contribution in [2.45, 2.75) is 5.75 Å². The number of benzene rings is 1. The molecule has 0 spiro atoms. The molecule has 0 aliphatic rings. The maximum absolute atomic E-state index is 12.7. The lowest BCUT2D eigenvalue weighted by Gasteiger charge is -2.00. The Morgan fingerprint density at radius 3 is 2.86 bits per heavy atom. The van der Waals surface area contributed by atoms with Gasteiger partial charge in [0.2, 0.25) is 0 Å². The van der Waals surface area contributed by atoms with E-state index in [0.717, 1.165) is 17.1 Å². The Labute approximate surface area is 94.7 Å². The van der Waals surface area contributed by atoms with E-state index in [4.69, 9.17) is 5.11 Å². The minimum atomic E-state index is -0.184. The molecule has 0 unspecified atom stereocenters. The fourth-order valence-electron chi connectivity index (χ4n) is 0.824. The van der Waals surface area contributed by atoms with Gasteiger partial charge in [-0.2, -0.15) is 0 Å². The molecular weight excluding hydrogens is 239 g/mol. The summed E-state index contributed by atoms with van der Waals surface area (Å²) in [5.41, 5.74) is 0.993. The van der Waals surface area contributed by atoms with Gasteiger partial charge in [0.05, 0.1) is 6.61 Å². The van der Waals surface area contributed by atoms with Crippen molar-refractivity contribution < 1.29 is 9.50 Å². The van der Waals surface area contributed by atoms with Crippen molar-refractivity contribution in [1.82, 2.24) is 0 Å². The Kier molecular flexibility index (Phi) is 6.51. The lowest BCUT2D eigenvalue weighted by atomic mass is 10.2. The molecule has 0 aliphatic heterocycles. The Bertz CT molecular complexity index is 270. The predicted molar refractivity (Wildman–Crippen MR) is 64.8 cm³/mol. The van der Waals surface area contributed by atoms with Crippen LogP contribution in [0.1, 0.15) is 5.56 Å². The van der Waals surface area contributed by atoms with Crippen LogP contribution in [0.2, 0.25) is 0 Å². The molecule has 1 aromatic carbocycles. The van der Waals surface area contributed by atoms with Crippen LogP contribution in [-0.2, 0) is 5.75 Å². The van der Waals surface area contributed by atoms with Crippen LogP contribution in [0.4, 0.5) is 4.39 Å². The SMILES string of the molecule is OCCSSSCc1cccc(F)c1. The summed E-state index contributed by atoms with van der Waals surface area (Å²) in [4.78, 5) is 0. The first-order chi connectivity index (χ1) is 6.83. The van der Waals surface area contributed by atoms with Gasteiger partial charge in [-0.3, -0.25) is 0 Å². The zero-order valence-corrected chi connectivity index (χ0v) is 9.93. The molecule has 0 saturated heterocycles. The van der Waals surface area contributed by atoms with Crippen LogP contribution in [0.25, 0.3) is 0 Å². The van der Waals surface area contributed by atoms with Crippen LogP contribution >= 0.6 is 31.4 Å². The van der Waals surface area contributed by atoms with Crippen LogP contribution in [0.3, 0.4) is 0 Å². The highest BCUT2D eigenvalue weighted by atomic mass is 33.5. The van der Waals surface area contributed by atoms with E-state index >= 15 is 0 Å². The number of aliphatic hydroxyl groups is 1. The van der Waals surface area contributed by atoms with Crippen molar-refractivity contribution in [1.29, 1.82) is 0 Å². The molecule has 14 heavy (non-hydrogen) atoms. The van der Waals surface area contributed by atoms with Crippen molar-refractivity contribution in [3.05, 3.63) is 35.6 Å². The summed E-state index contributed by atoms with van der Waals surface area (Å²) in [6.45, 7) is 0.207. The first-order valence-corrected chi connectivity index (χ1v) is 7.91. The fraction of sp³-hybridized carbons (Fsp3) is 0.333. The highest BCUT2D eigenvalue weighted by molar-refractivity contribution is 9.09. The molecule has 0 bridgehead atoms. The molecule has 5 heteroatoms. The maximum Gasteiger partial charge on any atom is 0.123 e. The van der Waals surface area contributed by atoms with Gasteiger partial charge in [-0.15, -0.1) is 0 Å². The zero-order valence-electron chi connectivity index (χ0n) is 7.48. The smallest absolute Gasteiger partial charge is 0.123 e. The zero-order chi connectivity index (χ0) is 10.2. The van der Waals surface area contributed by atoms with E-state index < -0.39 is 0 Å². The molecule has 1 aromatic rings. The van der Waals surface area contributed by atoms with Crippen LogP contribution < -0.4 is 0 Å². The summed E-state index contributed by atoms with van der Waals surface area (Å²) < 4.78 is 12.7. The second-order valence-corrected chi connectivity index (χ2v) is 6.86. The summed E-state index contributed by atoms with van der Waals surface area (Å²) >= 11 is 0. The Morgan fingerprint density at radius 1 is 1.29 bits per heavy atom. The van der Waals surface area contributed by atoms with Crippen molar-refractivity contribution >= 4 is 31.4 Å². The number of hydrogen-bond acceptors (Lipinski definition) is 4. The minimum Gasteiger partial charge on any atom is -0.395 e. The van der Waals surface area contributed by atoms with Crippen molar-refractivity contribution in [3.63, 3.8) is 0 Å². The summed E-state index contributed by atoms with van der Waals surface area (Å²) in [5.74, 6) is 1.35. The number of hydrogen-bond donors (Lipinski definition) is 1. The summed E-state index contributed by atoms with van der Waals surface area (Å²) in [5, 5.41) is 8.53.